The van der Waals surface area contributed by atoms with Gasteiger partial charge in [-0.2, -0.15) is 0 Å². The van der Waals surface area contributed by atoms with Crippen LogP contribution in [0.4, 0.5) is 14.5 Å². The van der Waals surface area contributed by atoms with Crippen LogP contribution in [-0.2, 0) is 0 Å². The lowest BCUT2D eigenvalue weighted by atomic mass is 10.2. The molecule has 1 heterocycles. The van der Waals surface area contributed by atoms with E-state index >= 15 is 0 Å². The average Bonchev–Trinajstić information content (AvgIpc) is 2.29. The van der Waals surface area contributed by atoms with Crippen LogP contribution < -0.4 is 4.90 Å². The first kappa shape index (κ1) is 11.3. The normalized spacial score (nSPS) is 14.7. The number of anilines is 1. The Labute approximate surface area is 95.6 Å². The Kier molecular flexibility index (Phi) is 2.86. The molecule has 0 fully saturated rings. The van der Waals surface area contributed by atoms with Crippen molar-refractivity contribution in [3.63, 3.8) is 0 Å². The summed E-state index contributed by atoms with van der Waals surface area (Å²) in [6.45, 7) is 0.176. The lowest BCUT2D eigenvalue weighted by Gasteiger charge is -2.21. The molecule has 0 N–H and O–H groups in total. The summed E-state index contributed by atoms with van der Waals surface area (Å²) in [4.78, 5) is 11.4. The SMILES string of the molecule is O=[N+]([O-])C1=CCN(c2ccc(F)cc2F)C=C1. The highest BCUT2D eigenvalue weighted by Crippen LogP contribution is 2.22. The molecular weight excluding hydrogens is 230 g/mol. The number of halogens is 2. The molecule has 0 saturated carbocycles. The largest absolute Gasteiger partial charge is 0.341 e. The highest BCUT2D eigenvalue weighted by Gasteiger charge is 2.16. The van der Waals surface area contributed by atoms with E-state index in [9.17, 15) is 18.9 Å². The molecule has 1 aliphatic rings. The van der Waals surface area contributed by atoms with Gasteiger partial charge in [-0.25, -0.2) is 8.78 Å². The van der Waals surface area contributed by atoms with Gasteiger partial charge in [0, 0.05) is 31.0 Å². The zero-order chi connectivity index (χ0) is 12.4. The topological polar surface area (TPSA) is 46.4 Å². The number of hydrogen-bond donors (Lipinski definition) is 0. The van der Waals surface area contributed by atoms with Crippen LogP contribution >= 0.6 is 0 Å². The Morgan fingerprint density at radius 1 is 1.35 bits per heavy atom. The van der Waals surface area contributed by atoms with Crippen LogP contribution in [0.3, 0.4) is 0 Å². The van der Waals surface area contributed by atoms with E-state index in [4.69, 9.17) is 0 Å². The summed E-state index contributed by atoms with van der Waals surface area (Å²) >= 11 is 0. The Bertz CT molecular complexity index is 526. The van der Waals surface area contributed by atoms with Crippen molar-refractivity contribution in [2.75, 3.05) is 11.4 Å². The fourth-order valence-electron chi connectivity index (χ4n) is 1.52. The molecule has 6 heteroatoms. The van der Waals surface area contributed by atoms with Gasteiger partial charge in [-0.1, -0.05) is 0 Å². The third-order valence-electron chi connectivity index (χ3n) is 2.35. The maximum atomic E-state index is 13.4. The van der Waals surface area contributed by atoms with Crippen LogP contribution in [-0.4, -0.2) is 11.5 Å². The molecule has 0 saturated heterocycles. The summed E-state index contributed by atoms with van der Waals surface area (Å²) < 4.78 is 26.1. The Balaban J connectivity index is 2.22. The number of allylic oxidation sites excluding steroid dienone is 1. The molecule has 0 radical (unpaired) electrons. The van der Waals surface area contributed by atoms with Gasteiger partial charge in [0.2, 0.25) is 0 Å². The number of rotatable bonds is 2. The lowest BCUT2D eigenvalue weighted by molar-refractivity contribution is -0.419. The maximum absolute atomic E-state index is 13.4. The van der Waals surface area contributed by atoms with Gasteiger partial charge >= 0.3 is 0 Å². The predicted molar refractivity (Wildman–Crippen MR) is 57.9 cm³/mol. The minimum atomic E-state index is -0.701. The molecule has 17 heavy (non-hydrogen) atoms. The molecule has 0 atom stereocenters. The summed E-state index contributed by atoms with van der Waals surface area (Å²) in [5.41, 5.74) is 0.144. The number of benzene rings is 1. The van der Waals surface area contributed by atoms with Gasteiger partial charge in [0.15, 0.2) is 0 Å². The highest BCUT2D eigenvalue weighted by molar-refractivity contribution is 5.52. The van der Waals surface area contributed by atoms with Gasteiger partial charge in [0.1, 0.15) is 11.6 Å². The van der Waals surface area contributed by atoms with Crippen molar-refractivity contribution in [2.45, 2.75) is 0 Å². The zero-order valence-electron chi connectivity index (χ0n) is 8.64. The second-order valence-electron chi connectivity index (χ2n) is 3.45. The Hall–Kier alpha value is -2.24. The van der Waals surface area contributed by atoms with E-state index in [1.807, 2.05) is 0 Å². The van der Waals surface area contributed by atoms with Crippen molar-refractivity contribution in [3.05, 3.63) is 64.0 Å². The third-order valence-corrected chi connectivity index (χ3v) is 2.35. The zero-order valence-corrected chi connectivity index (χ0v) is 8.64. The van der Waals surface area contributed by atoms with Crippen LogP contribution in [0.1, 0.15) is 0 Å². The monoisotopic (exact) mass is 238 g/mol. The molecule has 0 amide bonds. The fraction of sp³-hybridized carbons (Fsp3) is 0.0909. The number of hydrogen-bond acceptors (Lipinski definition) is 3. The first-order valence-electron chi connectivity index (χ1n) is 4.82. The molecule has 4 nitrogen and oxygen atoms in total. The summed E-state index contributed by atoms with van der Waals surface area (Å²) in [5.74, 6) is -1.36. The second-order valence-corrected chi connectivity index (χ2v) is 3.45. The first-order valence-corrected chi connectivity index (χ1v) is 4.82. The minimum absolute atomic E-state index is 0.0382. The van der Waals surface area contributed by atoms with E-state index in [0.717, 1.165) is 12.1 Å². The molecule has 0 bridgehead atoms. The van der Waals surface area contributed by atoms with Crippen molar-refractivity contribution in [3.8, 4) is 0 Å². The van der Waals surface area contributed by atoms with E-state index in [0.29, 0.717) is 0 Å². The van der Waals surface area contributed by atoms with Gasteiger partial charge < -0.3 is 4.90 Å². The van der Waals surface area contributed by atoms with Crippen LogP contribution in [0.15, 0.2) is 42.2 Å². The van der Waals surface area contributed by atoms with Gasteiger partial charge in [0.05, 0.1) is 10.6 Å². The summed E-state index contributed by atoms with van der Waals surface area (Å²) in [5, 5.41) is 10.5. The fourth-order valence-corrected chi connectivity index (χ4v) is 1.52. The van der Waals surface area contributed by atoms with Crippen molar-refractivity contribution >= 4 is 5.69 Å². The summed E-state index contributed by atoms with van der Waals surface area (Å²) in [6.07, 6.45) is 4.03. The van der Waals surface area contributed by atoms with Crippen LogP contribution in [0.25, 0.3) is 0 Å². The van der Waals surface area contributed by atoms with Crippen molar-refractivity contribution in [1.29, 1.82) is 0 Å². The van der Waals surface area contributed by atoms with Crippen molar-refractivity contribution < 1.29 is 13.7 Å². The Morgan fingerprint density at radius 3 is 2.65 bits per heavy atom. The molecule has 0 unspecified atom stereocenters. The standard InChI is InChI=1S/C11H8F2N2O2/c12-8-1-2-11(10(13)7-8)14-5-3-9(4-6-14)15(16)17/h1-5,7H,6H2. The first-order chi connectivity index (χ1) is 8.08. The van der Waals surface area contributed by atoms with Crippen LogP contribution in [0.5, 0.6) is 0 Å². The predicted octanol–water partition coefficient (Wildman–Crippen LogP) is 2.46. The molecule has 0 aromatic heterocycles. The quantitative estimate of drug-likeness (QED) is 0.587. The second kappa shape index (κ2) is 4.32. The summed E-state index contributed by atoms with van der Waals surface area (Å²) in [6, 6.07) is 3.20. The highest BCUT2D eigenvalue weighted by atomic mass is 19.1. The number of nitro groups is 1. The maximum Gasteiger partial charge on any atom is 0.268 e. The van der Waals surface area contributed by atoms with Crippen LogP contribution in [0.2, 0.25) is 0 Å². The minimum Gasteiger partial charge on any atom is -0.341 e. The van der Waals surface area contributed by atoms with E-state index in [1.165, 1.54) is 29.3 Å². The van der Waals surface area contributed by atoms with Crippen LogP contribution in [0, 0.1) is 21.7 Å². The van der Waals surface area contributed by atoms with Gasteiger partial charge in [-0.3, -0.25) is 10.1 Å². The smallest absolute Gasteiger partial charge is 0.268 e. The van der Waals surface area contributed by atoms with Gasteiger partial charge in [-0.05, 0) is 12.1 Å². The van der Waals surface area contributed by atoms with E-state index < -0.39 is 16.6 Å². The molecule has 0 spiro atoms. The molecule has 1 aliphatic heterocycles. The van der Waals surface area contributed by atoms with Crippen molar-refractivity contribution in [2.24, 2.45) is 0 Å². The van der Waals surface area contributed by atoms with E-state index in [1.54, 1.807) is 0 Å². The molecular formula is C11H8F2N2O2. The molecule has 1 aromatic carbocycles. The Morgan fingerprint density at radius 2 is 2.12 bits per heavy atom. The molecule has 2 rings (SSSR count). The van der Waals surface area contributed by atoms with Gasteiger partial charge in [-0.15, -0.1) is 0 Å². The number of nitrogens with zero attached hydrogens (tertiary/aromatic N) is 2. The third kappa shape index (κ3) is 2.30. The van der Waals surface area contributed by atoms with E-state index in [2.05, 4.69) is 0 Å². The average molecular weight is 238 g/mol. The van der Waals surface area contributed by atoms with Gasteiger partial charge in [0.25, 0.3) is 5.70 Å². The van der Waals surface area contributed by atoms with E-state index in [-0.39, 0.29) is 17.9 Å². The van der Waals surface area contributed by atoms with Crippen molar-refractivity contribution in [1.82, 2.24) is 0 Å². The summed E-state index contributed by atoms with van der Waals surface area (Å²) in [7, 11) is 0. The molecule has 0 aliphatic carbocycles. The molecule has 1 aromatic rings. The molecule has 88 valence electrons. The lowest BCUT2D eigenvalue weighted by Crippen LogP contribution is -2.21.